The van der Waals surface area contributed by atoms with Crippen LogP contribution >= 0.6 is 0 Å². The summed E-state index contributed by atoms with van der Waals surface area (Å²) in [5, 5.41) is 7.60. The molecule has 0 aliphatic carbocycles. The highest BCUT2D eigenvalue weighted by Gasteiger charge is 2.35. The number of pyridine rings is 1. The van der Waals surface area contributed by atoms with Crippen LogP contribution in [0.1, 0.15) is 16.5 Å². The molecule has 2 aromatic rings. The minimum atomic E-state index is -4.48. The summed E-state index contributed by atoms with van der Waals surface area (Å²) in [6.45, 7) is -0.891. The zero-order valence-corrected chi connectivity index (χ0v) is 12.9. The van der Waals surface area contributed by atoms with Crippen LogP contribution in [0.15, 0.2) is 30.6 Å². The Bertz CT molecular complexity index is 736. The highest BCUT2D eigenvalue weighted by Crippen LogP contribution is 2.22. The van der Waals surface area contributed by atoms with E-state index in [9.17, 15) is 18.0 Å². The van der Waals surface area contributed by atoms with Crippen LogP contribution in [0, 0.1) is 0 Å². The van der Waals surface area contributed by atoms with Crippen molar-refractivity contribution in [2.24, 2.45) is 5.73 Å². The number of alkyl halides is 3. The molecule has 1 saturated heterocycles. The number of hydrogen-bond acceptors (Lipinski definition) is 6. The van der Waals surface area contributed by atoms with Crippen molar-refractivity contribution in [3.63, 3.8) is 0 Å². The highest BCUT2D eigenvalue weighted by atomic mass is 19.4. The molecule has 134 valence electrons. The monoisotopic (exact) mass is 356 g/mol. The van der Waals surface area contributed by atoms with Crippen molar-refractivity contribution in [2.45, 2.75) is 18.3 Å². The van der Waals surface area contributed by atoms with E-state index in [1.165, 1.54) is 29.3 Å². The van der Waals surface area contributed by atoms with E-state index in [1.54, 1.807) is 10.9 Å². The van der Waals surface area contributed by atoms with Crippen molar-refractivity contribution in [2.75, 3.05) is 19.7 Å². The Morgan fingerprint density at radius 3 is 2.84 bits per heavy atom. The summed E-state index contributed by atoms with van der Waals surface area (Å²) in [6, 6.07) is 3.52. The van der Waals surface area contributed by atoms with Gasteiger partial charge in [-0.15, -0.1) is 5.10 Å². The maximum absolute atomic E-state index is 12.5. The summed E-state index contributed by atoms with van der Waals surface area (Å²) in [6.07, 6.45) is -1.31. The number of halogens is 3. The van der Waals surface area contributed by atoms with Gasteiger partial charge in [0.1, 0.15) is 5.69 Å². The molecule has 0 aromatic carbocycles. The van der Waals surface area contributed by atoms with Gasteiger partial charge in [0.25, 0.3) is 5.91 Å². The van der Waals surface area contributed by atoms with Gasteiger partial charge in [-0.2, -0.15) is 13.2 Å². The maximum Gasteiger partial charge on any atom is 0.422 e. The zero-order chi connectivity index (χ0) is 18.0. The summed E-state index contributed by atoms with van der Waals surface area (Å²) < 4.78 is 42.8. The SMILES string of the molecule is N[C@@H]1CN(C(=O)c2cccc(OCC(F)(F)F)n2)C[C@@H]1n1ccnn1. The predicted octanol–water partition coefficient (Wildman–Crippen LogP) is 0.639. The lowest BCUT2D eigenvalue weighted by Crippen LogP contribution is -2.33. The summed E-state index contributed by atoms with van der Waals surface area (Å²) in [5.41, 5.74) is 6.04. The smallest absolute Gasteiger partial charge is 0.422 e. The lowest BCUT2D eigenvalue weighted by atomic mass is 10.2. The van der Waals surface area contributed by atoms with Crippen molar-refractivity contribution in [1.29, 1.82) is 0 Å². The fourth-order valence-corrected chi connectivity index (χ4v) is 2.58. The van der Waals surface area contributed by atoms with Crippen LogP contribution in [-0.2, 0) is 0 Å². The first kappa shape index (κ1) is 17.1. The van der Waals surface area contributed by atoms with E-state index in [0.29, 0.717) is 6.54 Å². The Labute approximate surface area is 140 Å². The second-order valence-corrected chi connectivity index (χ2v) is 5.59. The van der Waals surface area contributed by atoms with Gasteiger partial charge in [0.05, 0.1) is 12.2 Å². The van der Waals surface area contributed by atoms with E-state index < -0.39 is 18.7 Å². The molecule has 0 bridgehead atoms. The number of carbonyl (C=O) groups is 1. The largest absolute Gasteiger partial charge is 0.468 e. The minimum Gasteiger partial charge on any atom is -0.468 e. The molecular formula is C14H15F3N6O2. The maximum atomic E-state index is 12.5. The van der Waals surface area contributed by atoms with Crippen LogP contribution in [0.5, 0.6) is 5.88 Å². The Morgan fingerprint density at radius 1 is 1.36 bits per heavy atom. The minimum absolute atomic E-state index is 0.00823. The van der Waals surface area contributed by atoms with Crippen molar-refractivity contribution < 1.29 is 22.7 Å². The number of nitrogens with two attached hydrogens (primary N) is 1. The number of ether oxygens (including phenoxy) is 1. The second-order valence-electron chi connectivity index (χ2n) is 5.59. The molecule has 2 N–H and O–H groups in total. The summed E-state index contributed by atoms with van der Waals surface area (Å²) >= 11 is 0. The van der Waals surface area contributed by atoms with Crippen LogP contribution in [0.3, 0.4) is 0 Å². The molecule has 8 nitrogen and oxygen atoms in total. The molecule has 2 atom stereocenters. The molecule has 0 radical (unpaired) electrons. The molecule has 0 saturated carbocycles. The fraction of sp³-hybridized carbons (Fsp3) is 0.429. The fourth-order valence-electron chi connectivity index (χ4n) is 2.58. The van der Waals surface area contributed by atoms with Gasteiger partial charge >= 0.3 is 6.18 Å². The molecule has 0 unspecified atom stereocenters. The van der Waals surface area contributed by atoms with Crippen LogP contribution in [0.4, 0.5) is 13.2 Å². The normalized spacial score (nSPS) is 20.7. The summed E-state index contributed by atoms with van der Waals surface area (Å²) in [5.74, 6) is -0.699. The molecule has 2 aromatic heterocycles. The first-order chi connectivity index (χ1) is 11.8. The first-order valence-corrected chi connectivity index (χ1v) is 7.41. The lowest BCUT2D eigenvalue weighted by molar-refractivity contribution is -0.154. The third kappa shape index (κ3) is 4.05. The molecule has 1 aliphatic rings. The number of carbonyl (C=O) groups excluding carboxylic acids is 1. The Hall–Kier alpha value is -2.69. The van der Waals surface area contributed by atoms with Crippen LogP contribution in [0.2, 0.25) is 0 Å². The number of hydrogen-bond donors (Lipinski definition) is 1. The first-order valence-electron chi connectivity index (χ1n) is 7.41. The molecule has 3 rings (SSSR count). The third-order valence-electron chi connectivity index (χ3n) is 3.73. The number of amides is 1. The van der Waals surface area contributed by atoms with Crippen LogP contribution in [0.25, 0.3) is 0 Å². The van der Waals surface area contributed by atoms with Gasteiger partial charge in [-0.25, -0.2) is 9.67 Å². The van der Waals surface area contributed by atoms with Gasteiger partial charge in [0.2, 0.25) is 5.88 Å². The molecule has 3 heterocycles. The molecule has 11 heteroatoms. The highest BCUT2D eigenvalue weighted by molar-refractivity contribution is 5.92. The van der Waals surface area contributed by atoms with E-state index >= 15 is 0 Å². The second kappa shape index (κ2) is 6.67. The molecule has 25 heavy (non-hydrogen) atoms. The van der Waals surface area contributed by atoms with E-state index in [4.69, 9.17) is 5.73 Å². The van der Waals surface area contributed by atoms with Crippen LogP contribution in [-0.4, -0.2) is 62.7 Å². The lowest BCUT2D eigenvalue weighted by Gasteiger charge is -2.16. The number of aromatic nitrogens is 4. The molecule has 1 fully saturated rings. The summed E-state index contributed by atoms with van der Waals surface area (Å²) in [4.78, 5) is 17.9. The quantitative estimate of drug-likeness (QED) is 0.863. The van der Waals surface area contributed by atoms with Crippen molar-refractivity contribution in [1.82, 2.24) is 24.9 Å². The van der Waals surface area contributed by atoms with Gasteiger partial charge in [-0.05, 0) is 6.07 Å². The Balaban J connectivity index is 1.69. The molecular weight excluding hydrogens is 341 g/mol. The van der Waals surface area contributed by atoms with Gasteiger partial charge in [-0.3, -0.25) is 4.79 Å². The topological polar surface area (TPSA) is 99.2 Å². The standard InChI is InChI=1S/C14H15F3N6O2/c15-14(16,17)8-25-12-3-1-2-10(20-12)13(24)22-6-9(18)11(7-22)23-5-4-19-21-23/h1-5,9,11H,6-8,18H2/t9-,11+/m1/s1. The van der Waals surface area contributed by atoms with E-state index in [0.717, 1.165) is 0 Å². The van der Waals surface area contributed by atoms with E-state index in [-0.39, 0.29) is 30.2 Å². The molecule has 0 spiro atoms. The number of rotatable bonds is 4. The Morgan fingerprint density at radius 2 is 2.16 bits per heavy atom. The van der Waals surface area contributed by atoms with E-state index in [1.807, 2.05) is 0 Å². The van der Waals surface area contributed by atoms with Crippen molar-refractivity contribution in [3.05, 3.63) is 36.3 Å². The zero-order valence-electron chi connectivity index (χ0n) is 12.9. The Kier molecular flexibility index (Phi) is 4.57. The van der Waals surface area contributed by atoms with Gasteiger partial charge in [-0.1, -0.05) is 11.3 Å². The van der Waals surface area contributed by atoms with Gasteiger partial charge < -0.3 is 15.4 Å². The summed E-state index contributed by atoms with van der Waals surface area (Å²) in [7, 11) is 0. The van der Waals surface area contributed by atoms with Gasteiger partial charge in [0, 0.05) is 31.4 Å². The number of nitrogens with zero attached hydrogens (tertiary/aromatic N) is 5. The average molecular weight is 356 g/mol. The van der Waals surface area contributed by atoms with E-state index in [2.05, 4.69) is 20.0 Å². The van der Waals surface area contributed by atoms with Crippen molar-refractivity contribution in [3.8, 4) is 5.88 Å². The van der Waals surface area contributed by atoms with Crippen LogP contribution < -0.4 is 10.5 Å². The average Bonchev–Trinajstić information content (AvgIpc) is 3.21. The molecule has 1 amide bonds. The third-order valence-corrected chi connectivity index (χ3v) is 3.73. The van der Waals surface area contributed by atoms with Gasteiger partial charge in [0.15, 0.2) is 6.61 Å². The van der Waals surface area contributed by atoms with Crippen molar-refractivity contribution >= 4 is 5.91 Å². The predicted molar refractivity (Wildman–Crippen MR) is 78.7 cm³/mol. The molecule has 1 aliphatic heterocycles. The number of likely N-dealkylation sites (tertiary alicyclic amines) is 1.